The fourth-order valence-electron chi connectivity index (χ4n) is 1.71. The summed E-state index contributed by atoms with van der Waals surface area (Å²) < 4.78 is 15.3. The Kier molecular flexibility index (Phi) is 6.63. The largest absolute Gasteiger partial charge is 0.509 e. The molecule has 0 bridgehead atoms. The van der Waals surface area contributed by atoms with Crippen molar-refractivity contribution in [3.8, 4) is 0 Å². The zero-order valence-electron chi connectivity index (χ0n) is 13.7. The van der Waals surface area contributed by atoms with E-state index in [1.165, 1.54) is 0 Å². The number of carbonyl (C=O) groups is 2. The first-order valence-corrected chi connectivity index (χ1v) is 7.53. The molecular formula is C17H21ClO5. The molecule has 0 amide bonds. The lowest BCUT2D eigenvalue weighted by Gasteiger charge is -2.23. The molecule has 0 saturated heterocycles. The van der Waals surface area contributed by atoms with E-state index < -0.39 is 23.8 Å². The zero-order valence-corrected chi connectivity index (χ0v) is 14.5. The molecule has 126 valence electrons. The van der Waals surface area contributed by atoms with Crippen molar-refractivity contribution in [3.05, 3.63) is 47.0 Å². The molecule has 0 aliphatic heterocycles. The van der Waals surface area contributed by atoms with E-state index in [1.807, 2.05) is 0 Å². The van der Waals surface area contributed by atoms with E-state index in [-0.39, 0.29) is 12.2 Å². The number of hydrogen-bond acceptors (Lipinski definition) is 5. The highest BCUT2D eigenvalue weighted by Crippen LogP contribution is 2.29. The van der Waals surface area contributed by atoms with Crippen LogP contribution in [0.3, 0.4) is 0 Å². The SMILES string of the molecule is C=C(C(=O)OCC)C(OC(=O)OC(C)(C)C)c1cccc(Cl)c1. The van der Waals surface area contributed by atoms with Crippen LogP contribution < -0.4 is 0 Å². The number of rotatable bonds is 5. The summed E-state index contributed by atoms with van der Waals surface area (Å²) in [5.74, 6) is -0.652. The molecule has 1 atom stereocenters. The molecule has 0 saturated carbocycles. The van der Waals surface area contributed by atoms with E-state index in [0.29, 0.717) is 10.6 Å². The Labute approximate surface area is 141 Å². The highest BCUT2D eigenvalue weighted by Gasteiger charge is 2.28. The van der Waals surface area contributed by atoms with Crippen LogP contribution in [0.25, 0.3) is 0 Å². The molecule has 23 heavy (non-hydrogen) atoms. The van der Waals surface area contributed by atoms with Crippen molar-refractivity contribution >= 4 is 23.7 Å². The monoisotopic (exact) mass is 340 g/mol. The van der Waals surface area contributed by atoms with Crippen molar-refractivity contribution in [2.45, 2.75) is 39.4 Å². The van der Waals surface area contributed by atoms with Crippen LogP contribution >= 0.6 is 11.6 Å². The lowest BCUT2D eigenvalue weighted by molar-refractivity contribution is -0.139. The molecule has 0 heterocycles. The van der Waals surface area contributed by atoms with E-state index in [1.54, 1.807) is 52.0 Å². The summed E-state index contributed by atoms with van der Waals surface area (Å²) >= 11 is 5.96. The average Bonchev–Trinajstić information content (AvgIpc) is 2.42. The second kappa shape index (κ2) is 8.02. The van der Waals surface area contributed by atoms with E-state index in [0.717, 1.165) is 0 Å². The quantitative estimate of drug-likeness (QED) is 0.585. The first-order valence-electron chi connectivity index (χ1n) is 7.15. The Morgan fingerprint density at radius 3 is 2.48 bits per heavy atom. The van der Waals surface area contributed by atoms with Crippen LogP contribution in [0, 0.1) is 0 Å². The van der Waals surface area contributed by atoms with Gasteiger partial charge in [-0.1, -0.05) is 30.3 Å². The number of ether oxygens (including phenoxy) is 3. The predicted octanol–water partition coefficient (Wildman–Crippen LogP) is 4.45. The van der Waals surface area contributed by atoms with Gasteiger partial charge in [0.25, 0.3) is 0 Å². The van der Waals surface area contributed by atoms with Gasteiger partial charge in [-0.3, -0.25) is 0 Å². The van der Waals surface area contributed by atoms with Gasteiger partial charge < -0.3 is 14.2 Å². The molecule has 1 aromatic carbocycles. The van der Waals surface area contributed by atoms with Gasteiger partial charge in [-0.2, -0.15) is 0 Å². The number of benzene rings is 1. The minimum Gasteiger partial charge on any atom is -0.463 e. The summed E-state index contributed by atoms with van der Waals surface area (Å²) in [4.78, 5) is 23.9. The number of halogens is 1. The molecular weight excluding hydrogens is 320 g/mol. The summed E-state index contributed by atoms with van der Waals surface area (Å²) in [5.41, 5.74) is -0.234. The summed E-state index contributed by atoms with van der Waals surface area (Å²) in [6.45, 7) is 10.7. The summed E-state index contributed by atoms with van der Waals surface area (Å²) in [5, 5.41) is 0.442. The molecule has 5 nitrogen and oxygen atoms in total. The molecule has 0 N–H and O–H groups in total. The number of esters is 1. The van der Waals surface area contributed by atoms with Crippen LogP contribution in [0.4, 0.5) is 4.79 Å². The van der Waals surface area contributed by atoms with Gasteiger partial charge in [0, 0.05) is 5.02 Å². The Bertz CT molecular complexity index is 589. The second-order valence-corrected chi connectivity index (χ2v) is 6.20. The van der Waals surface area contributed by atoms with Crippen LogP contribution in [-0.2, 0) is 19.0 Å². The van der Waals surface area contributed by atoms with Gasteiger partial charge in [0.15, 0.2) is 6.10 Å². The molecule has 1 aromatic rings. The minimum absolute atomic E-state index is 0.0139. The van der Waals surface area contributed by atoms with Crippen LogP contribution in [0.5, 0.6) is 0 Å². The summed E-state index contributed by atoms with van der Waals surface area (Å²) in [7, 11) is 0. The topological polar surface area (TPSA) is 61.8 Å². The zero-order chi connectivity index (χ0) is 17.6. The summed E-state index contributed by atoms with van der Waals surface area (Å²) in [6.07, 6.45) is -1.95. The fourth-order valence-corrected chi connectivity index (χ4v) is 1.91. The van der Waals surface area contributed by atoms with Gasteiger partial charge in [-0.25, -0.2) is 9.59 Å². The Hall–Kier alpha value is -2.01. The number of carbonyl (C=O) groups excluding carboxylic acids is 2. The van der Waals surface area contributed by atoms with Crippen molar-refractivity contribution in [1.82, 2.24) is 0 Å². The van der Waals surface area contributed by atoms with E-state index in [9.17, 15) is 9.59 Å². The fraction of sp³-hybridized carbons (Fsp3) is 0.412. The first kappa shape index (κ1) is 19.0. The third-order valence-corrected chi connectivity index (χ3v) is 2.84. The van der Waals surface area contributed by atoms with Gasteiger partial charge in [-0.15, -0.1) is 0 Å². The molecule has 0 spiro atoms. The van der Waals surface area contributed by atoms with E-state index >= 15 is 0 Å². The van der Waals surface area contributed by atoms with Crippen molar-refractivity contribution < 1.29 is 23.8 Å². The first-order chi connectivity index (χ1) is 10.6. The maximum atomic E-state index is 11.9. The second-order valence-electron chi connectivity index (χ2n) is 5.76. The highest BCUT2D eigenvalue weighted by atomic mass is 35.5. The van der Waals surface area contributed by atoms with Crippen LogP contribution in [-0.4, -0.2) is 24.3 Å². The highest BCUT2D eigenvalue weighted by molar-refractivity contribution is 6.30. The van der Waals surface area contributed by atoms with Gasteiger partial charge in [-0.05, 0) is 45.4 Å². The Morgan fingerprint density at radius 1 is 1.30 bits per heavy atom. The Morgan fingerprint density at radius 2 is 1.96 bits per heavy atom. The molecule has 0 fully saturated rings. The normalized spacial score (nSPS) is 12.2. The maximum Gasteiger partial charge on any atom is 0.509 e. The minimum atomic E-state index is -1.04. The van der Waals surface area contributed by atoms with Gasteiger partial charge in [0.05, 0.1) is 12.2 Å². The lowest BCUT2D eigenvalue weighted by Crippen LogP contribution is -2.27. The standard InChI is InChI=1S/C17H21ClO5/c1-6-21-15(19)11(2)14(12-8-7-9-13(18)10-12)22-16(20)23-17(3,4)5/h7-10,14H,2,6H2,1,3-5H3. The third-order valence-electron chi connectivity index (χ3n) is 2.61. The van der Waals surface area contributed by atoms with Gasteiger partial charge in [0.2, 0.25) is 0 Å². The molecule has 0 aliphatic rings. The van der Waals surface area contributed by atoms with Crippen molar-refractivity contribution in [2.24, 2.45) is 0 Å². The molecule has 0 aliphatic carbocycles. The molecule has 1 unspecified atom stereocenters. The van der Waals surface area contributed by atoms with Gasteiger partial charge in [0.1, 0.15) is 5.60 Å². The van der Waals surface area contributed by atoms with Gasteiger partial charge >= 0.3 is 12.1 Å². The lowest BCUT2D eigenvalue weighted by atomic mass is 10.0. The van der Waals surface area contributed by atoms with Crippen molar-refractivity contribution in [1.29, 1.82) is 0 Å². The molecule has 6 heteroatoms. The van der Waals surface area contributed by atoms with E-state index in [2.05, 4.69) is 6.58 Å². The van der Waals surface area contributed by atoms with E-state index in [4.69, 9.17) is 25.8 Å². The van der Waals surface area contributed by atoms with Crippen LogP contribution in [0.2, 0.25) is 5.02 Å². The maximum absolute atomic E-state index is 11.9. The number of hydrogen-bond donors (Lipinski definition) is 0. The van der Waals surface area contributed by atoms with Crippen molar-refractivity contribution in [3.63, 3.8) is 0 Å². The molecule has 0 radical (unpaired) electrons. The Balaban J connectivity index is 3.04. The molecule has 1 rings (SSSR count). The third kappa shape index (κ3) is 6.32. The van der Waals surface area contributed by atoms with Crippen LogP contribution in [0.15, 0.2) is 36.4 Å². The average molecular weight is 341 g/mol. The smallest absolute Gasteiger partial charge is 0.463 e. The predicted molar refractivity (Wildman–Crippen MR) is 87.3 cm³/mol. The molecule has 0 aromatic heterocycles. The summed E-state index contributed by atoms with van der Waals surface area (Å²) in [6, 6.07) is 6.61. The van der Waals surface area contributed by atoms with Crippen LogP contribution in [0.1, 0.15) is 39.4 Å². The van der Waals surface area contributed by atoms with Crippen molar-refractivity contribution in [2.75, 3.05) is 6.61 Å².